The highest BCUT2D eigenvalue weighted by molar-refractivity contribution is 5.91. The van der Waals surface area contributed by atoms with Crippen LogP contribution in [0, 0.1) is 12.3 Å². The highest BCUT2D eigenvalue weighted by Crippen LogP contribution is 2.46. The van der Waals surface area contributed by atoms with Crippen LogP contribution >= 0.6 is 0 Å². The molecule has 0 spiro atoms. The third kappa shape index (κ3) is 10.3. The minimum atomic E-state index is -4.75. The molecule has 1 aliphatic heterocycles. The number of ether oxygens (including phenoxy) is 3. The van der Waals surface area contributed by atoms with Crippen molar-refractivity contribution in [2.45, 2.75) is 79.2 Å². The minimum Gasteiger partial charge on any atom is -0.496 e. The number of carbonyl (C=O) groups excluding carboxylic acids is 2. The SMILES string of the molecule is CC.COC(=O)c1ccc(-c2ccc(OC)c(C3=C(CN4C(=O)OC[C@H]4C)CC(C)(C)CC3)c2)c(C)c1.FC(F)(F)c1cccc(C(F)(F)F)c1. The van der Waals surface area contributed by atoms with Gasteiger partial charge >= 0.3 is 24.4 Å². The molecule has 3 aromatic carbocycles. The molecule has 1 aliphatic carbocycles. The number of esters is 1. The van der Waals surface area contributed by atoms with Crippen molar-refractivity contribution in [3.8, 4) is 16.9 Å². The lowest BCUT2D eigenvalue weighted by atomic mass is 9.72. The number of aryl methyl sites for hydroxylation is 1. The molecule has 0 unspecified atom stereocenters. The summed E-state index contributed by atoms with van der Waals surface area (Å²) >= 11 is 0. The third-order valence-corrected chi connectivity index (χ3v) is 8.75. The Balaban J connectivity index is 0.000000368. The van der Waals surface area contributed by atoms with Gasteiger partial charge in [-0.1, -0.05) is 45.9 Å². The van der Waals surface area contributed by atoms with Crippen LogP contribution in [0.4, 0.5) is 31.1 Å². The Hall–Kier alpha value is -4.48. The fourth-order valence-corrected chi connectivity index (χ4v) is 6.08. The van der Waals surface area contributed by atoms with E-state index in [1.54, 1.807) is 13.2 Å². The summed E-state index contributed by atoms with van der Waals surface area (Å²) in [6.45, 7) is 13.6. The fourth-order valence-electron chi connectivity index (χ4n) is 6.08. The molecule has 0 aromatic heterocycles. The van der Waals surface area contributed by atoms with Crippen LogP contribution in [-0.4, -0.2) is 50.4 Å². The summed E-state index contributed by atoms with van der Waals surface area (Å²) in [5.74, 6) is 0.478. The maximum atomic E-state index is 12.4. The number of methoxy groups -OCH3 is 2. The monoisotopic (exact) mass is 721 g/mol. The Morgan fingerprint density at radius 3 is 2.06 bits per heavy atom. The second-order valence-corrected chi connectivity index (χ2v) is 13.0. The number of hydrogen-bond acceptors (Lipinski definition) is 5. The molecule has 1 fully saturated rings. The summed E-state index contributed by atoms with van der Waals surface area (Å²) in [7, 11) is 3.09. The van der Waals surface area contributed by atoms with E-state index in [1.165, 1.54) is 18.3 Å². The lowest BCUT2D eigenvalue weighted by Gasteiger charge is -2.35. The van der Waals surface area contributed by atoms with Crippen LogP contribution < -0.4 is 4.74 Å². The molecule has 0 radical (unpaired) electrons. The van der Waals surface area contributed by atoms with Gasteiger partial charge in [-0.15, -0.1) is 0 Å². The zero-order valence-corrected chi connectivity index (χ0v) is 30.1. The molecule has 1 atom stereocenters. The van der Waals surface area contributed by atoms with Gasteiger partial charge in [0.1, 0.15) is 12.4 Å². The van der Waals surface area contributed by atoms with Crippen molar-refractivity contribution in [2.24, 2.45) is 5.41 Å². The van der Waals surface area contributed by atoms with Crippen molar-refractivity contribution in [2.75, 3.05) is 27.4 Å². The maximum absolute atomic E-state index is 12.4. The average Bonchev–Trinajstić information content (AvgIpc) is 3.40. The molecule has 6 nitrogen and oxygen atoms in total. The van der Waals surface area contributed by atoms with E-state index < -0.39 is 23.5 Å². The fraction of sp³-hybridized carbons (Fsp3) is 0.436. The molecular weight excluding hydrogens is 676 g/mol. The van der Waals surface area contributed by atoms with Crippen LogP contribution in [0.2, 0.25) is 0 Å². The highest BCUT2D eigenvalue weighted by Gasteiger charge is 2.36. The number of cyclic esters (lactones) is 1. The predicted octanol–water partition coefficient (Wildman–Crippen LogP) is 11.0. The summed E-state index contributed by atoms with van der Waals surface area (Å²) < 4.78 is 87.9. The molecule has 3 aromatic rings. The largest absolute Gasteiger partial charge is 0.496 e. The standard InChI is InChI=1S/C29H35NO5.C8H4F6.C2H6/c1-18-13-21(27(31)34-6)7-9-23(18)20-8-10-26(33-5)25(14-20)24-11-12-29(3,4)15-22(24)16-30-19(2)17-35-28(30)32;9-7(10,11)5-2-1-3-6(4-5)8(12,13)14;1-2/h7-10,13-14,19H,11-12,15-17H2,1-6H3;1-4H;1-2H3/t19-;;/m1../s1. The van der Waals surface area contributed by atoms with Gasteiger partial charge in [-0.2, -0.15) is 26.3 Å². The number of carbonyl (C=O) groups is 2. The zero-order valence-electron chi connectivity index (χ0n) is 30.1. The molecule has 0 bridgehead atoms. The van der Waals surface area contributed by atoms with Gasteiger partial charge in [-0.3, -0.25) is 4.90 Å². The summed E-state index contributed by atoms with van der Waals surface area (Å²) in [5, 5.41) is 0. The van der Waals surface area contributed by atoms with Crippen molar-refractivity contribution in [1.29, 1.82) is 0 Å². The van der Waals surface area contributed by atoms with Crippen LogP contribution in [0.25, 0.3) is 16.7 Å². The van der Waals surface area contributed by atoms with Crippen LogP contribution in [0.1, 0.15) is 86.5 Å². The number of alkyl halides is 6. The average molecular weight is 722 g/mol. The van der Waals surface area contributed by atoms with Crippen molar-refractivity contribution >= 4 is 17.6 Å². The third-order valence-electron chi connectivity index (χ3n) is 8.75. The van der Waals surface area contributed by atoms with Gasteiger partial charge < -0.3 is 14.2 Å². The Kier molecular flexibility index (Phi) is 13.4. The van der Waals surface area contributed by atoms with Gasteiger partial charge in [0.05, 0.1) is 37.0 Å². The second-order valence-electron chi connectivity index (χ2n) is 13.0. The Bertz CT molecular complexity index is 1700. The molecule has 12 heteroatoms. The van der Waals surface area contributed by atoms with E-state index in [1.807, 2.05) is 50.8 Å². The first-order chi connectivity index (χ1) is 23.8. The van der Waals surface area contributed by atoms with E-state index in [2.05, 4.69) is 26.0 Å². The maximum Gasteiger partial charge on any atom is 0.416 e. The van der Waals surface area contributed by atoms with Gasteiger partial charge in [-0.25, -0.2) is 9.59 Å². The Morgan fingerprint density at radius 2 is 1.55 bits per heavy atom. The summed E-state index contributed by atoms with van der Waals surface area (Å²) in [6.07, 6.45) is -6.84. The van der Waals surface area contributed by atoms with E-state index in [4.69, 9.17) is 14.2 Å². The van der Waals surface area contributed by atoms with Crippen molar-refractivity contribution < 1.29 is 50.1 Å². The molecular formula is C39H45F6NO5. The van der Waals surface area contributed by atoms with Crippen LogP contribution in [0.5, 0.6) is 5.75 Å². The van der Waals surface area contributed by atoms with Gasteiger partial charge in [-0.05, 0) is 109 Å². The number of amides is 1. The first kappa shape index (κ1) is 40.9. The number of rotatable bonds is 6. The molecule has 5 rings (SSSR count). The smallest absolute Gasteiger partial charge is 0.416 e. The van der Waals surface area contributed by atoms with E-state index in [9.17, 15) is 35.9 Å². The minimum absolute atomic E-state index is 0.0606. The topological polar surface area (TPSA) is 65.1 Å². The van der Waals surface area contributed by atoms with Gasteiger partial charge in [0.15, 0.2) is 0 Å². The Labute approximate surface area is 295 Å². The quantitative estimate of drug-likeness (QED) is 0.187. The molecule has 1 heterocycles. The van der Waals surface area contributed by atoms with Gasteiger partial charge in [0, 0.05) is 12.1 Å². The number of nitrogens with zero attached hydrogens (tertiary/aromatic N) is 1. The summed E-state index contributed by atoms with van der Waals surface area (Å²) in [5.41, 5.74) is 4.78. The van der Waals surface area contributed by atoms with Gasteiger partial charge in [0.25, 0.3) is 0 Å². The van der Waals surface area contributed by atoms with Crippen LogP contribution in [-0.2, 0) is 21.8 Å². The molecule has 2 aliphatic rings. The molecule has 1 amide bonds. The predicted molar refractivity (Wildman–Crippen MR) is 184 cm³/mol. The first-order valence-electron chi connectivity index (χ1n) is 16.6. The van der Waals surface area contributed by atoms with Crippen molar-refractivity contribution in [3.63, 3.8) is 0 Å². The molecule has 1 saturated heterocycles. The molecule has 0 saturated carbocycles. The summed E-state index contributed by atoms with van der Waals surface area (Å²) in [6, 6.07) is 13.9. The van der Waals surface area contributed by atoms with Crippen LogP contribution in [0.3, 0.4) is 0 Å². The van der Waals surface area contributed by atoms with Crippen molar-refractivity contribution in [3.05, 3.63) is 94.1 Å². The van der Waals surface area contributed by atoms with E-state index in [0.717, 1.165) is 53.3 Å². The normalized spacial score (nSPS) is 17.1. The van der Waals surface area contributed by atoms with Crippen molar-refractivity contribution in [1.82, 2.24) is 4.90 Å². The number of halogens is 6. The second kappa shape index (κ2) is 16.7. The summed E-state index contributed by atoms with van der Waals surface area (Å²) in [4.78, 5) is 26.2. The zero-order chi connectivity index (χ0) is 38.3. The molecule has 0 N–H and O–H groups in total. The number of hydrogen-bond donors (Lipinski definition) is 0. The van der Waals surface area contributed by atoms with E-state index >= 15 is 0 Å². The van der Waals surface area contributed by atoms with E-state index in [0.29, 0.717) is 30.8 Å². The number of allylic oxidation sites excluding steroid dienone is 1. The van der Waals surface area contributed by atoms with Gasteiger partial charge in [0.2, 0.25) is 0 Å². The lowest BCUT2D eigenvalue weighted by Crippen LogP contribution is -2.35. The Morgan fingerprint density at radius 1 is 0.922 bits per heavy atom. The van der Waals surface area contributed by atoms with Crippen LogP contribution in [0.15, 0.2) is 66.2 Å². The highest BCUT2D eigenvalue weighted by atomic mass is 19.4. The first-order valence-corrected chi connectivity index (χ1v) is 16.6. The lowest BCUT2D eigenvalue weighted by molar-refractivity contribution is -0.143. The molecule has 51 heavy (non-hydrogen) atoms. The number of benzene rings is 3. The van der Waals surface area contributed by atoms with E-state index in [-0.39, 0.29) is 29.6 Å². The molecule has 278 valence electrons.